The van der Waals surface area contributed by atoms with Crippen molar-refractivity contribution in [2.45, 2.75) is 46.2 Å². The predicted molar refractivity (Wildman–Crippen MR) is 70.7 cm³/mol. The van der Waals surface area contributed by atoms with Crippen molar-refractivity contribution >= 4 is 17.9 Å². The fraction of sp³-hybridized carbons (Fsp3) is 0.750. The molecule has 0 saturated heterocycles. The zero-order chi connectivity index (χ0) is 15.0. The van der Waals surface area contributed by atoms with E-state index in [2.05, 4.69) is 16.0 Å². The number of carbonyl (C=O) groups is 3. The Morgan fingerprint density at radius 2 is 1.63 bits per heavy atom. The number of carboxylic acids is 1. The summed E-state index contributed by atoms with van der Waals surface area (Å²) in [5.74, 6) is -1.45. The van der Waals surface area contributed by atoms with Crippen LogP contribution in [0.3, 0.4) is 0 Å². The standard InChI is InChI=1S/C12H23N3O4/c1-7(2)10(11(17)18)15-12(19)13-6-5-9(16)14-8(3)4/h7-8,10H,5-6H2,1-4H3,(H,14,16)(H,17,18)(H2,13,15,19)/t10-/m0/s1. The molecular formula is C12H23N3O4. The van der Waals surface area contributed by atoms with Gasteiger partial charge in [-0.05, 0) is 19.8 Å². The van der Waals surface area contributed by atoms with Gasteiger partial charge in [-0.3, -0.25) is 4.79 Å². The van der Waals surface area contributed by atoms with Crippen LogP contribution in [0.1, 0.15) is 34.1 Å². The maximum atomic E-state index is 11.4. The molecule has 0 rings (SSSR count). The largest absolute Gasteiger partial charge is 0.480 e. The van der Waals surface area contributed by atoms with E-state index in [4.69, 9.17) is 5.11 Å². The van der Waals surface area contributed by atoms with Gasteiger partial charge in [0.05, 0.1) is 0 Å². The summed E-state index contributed by atoms with van der Waals surface area (Å²) in [6.45, 7) is 7.26. The summed E-state index contributed by atoms with van der Waals surface area (Å²) in [6.07, 6.45) is 0.158. The minimum atomic E-state index is -1.08. The van der Waals surface area contributed by atoms with E-state index in [1.54, 1.807) is 13.8 Å². The van der Waals surface area contributed by atoms with Crippen LogP contribution in [-0.4, -0.2) is 41.6 Å². The molecule has 0 heterocycles. The highest BCUT2D eigenvalue weighted by molar-refractivity contribution is 5.83. The van der Waals surface area contributed by atoms with Crippen molar-refractivity contribution in [3.05, 3.63) is 0 Å². The molecule has 7 nitrogen and oxygen atoms in total. The van der Waals surface area contributed by atoms with Gasteiger partial charge in [0.1, 0.15) is 6.04 Å². The lowest BCUT2D eigenvalue weighted by Crippen LogP contribution is -2.49. The minimum Gasteiger partial charge on any atom is -0.480 e. The van der Waals surface area contributed by atoms with Crippen LogP contribution in [-0.2, 0) is 9.59 Å². The van der Waals surface area contributed by atoms with Crippen molar-refractivity contribution in [1.29, 1.82) is 0 Å². The lowest BCUT2D eigenvalue weighted by atomic mass is 10.1. The zero-order valence-electron chi connectivity index (χ0n) is 11.8. The van der Waals surface area contributed by atoms with E-state index >= 15 is 0 Å². The summed E-state index contributed by atoms with van der Waals surface area (Å²) in [6, 6.07) is -1.47. The van der Waals surface area contributed by atoms with E-state index in [0.717, 1.165) is 0 Å². The molecule has 0 fully saturated rings. The van der Waals surface area contributed by atoms with Gasteiger partial charge in [0.15, 0.2) is 0 Å². The van der Waals surface area contributed by atoms with Crippen LogP contribution in [0.2, 0.25) is 0 Å². The normalized spacial score (nSPS) is 12.1. The summed E-state index contributed by atoms with van der Waals surface area (Å²) in [5.41, 5.74) is 0. The molecule has 0 radical (unpaired) electrons. The number of carboxylic acid groups (broad SMARTS) is 1. The molecular weight excluding hydrogens is 250 g/mol. The molecule has 110 valence electrons. The van der Waals surface area contributed by atoms with Crippen LogP contribution in [0.5, 0.6) is 0 Å². The number of urea groups is 1. The van der Waals surface area contributed by atoms with Gasteiger partial charge in [0, 0.05) is 19.0 Å². The van der Waals surface area contributed by atoms with Gasteiger partial charge in [-0.25, -0.2) is 9.59 Å². The number of amides is 3. The lowest BCUT2D eigenvalue weighted by Gasteiger charge is -2.18. The third-order valence-corrected chi connectivity index (χ3v) is 2.31. The van der Waals surface area contributed by atoms with Crippen molar-refractivity contribution in [3.8, 4) is 0 Å². The van der Waals surface area contributed by atoms with Crippen LogP contribution in [0.25, 0.3) is 0 Å². The molecule has 0 aliphatic rings. The van der Waals surface area contributed by atoms with Crippen LogP contribution in [0, 0.1) is 5.92 Å². The van der Waals surface area contributed by atoms with Gasteiger partial charge < -0.3 is 21.1 Å². The van der Waals surface area contributed by atoms with Gasteiger partial charge in [0.2, 0.25) is 5.91 Å². The molecule has 4 N–H and O–H groups in total. The number of nitrogens with one attached hydrogen (secondary N) is 3. The van der Waals surface area contributed by atoms with E-state index in [1.807, 2.05) is 13.8 Å². The minimum absolute atomic E-state index is 0.0543. The van der Waals surface area contributed by atoms with Crippen molar-refractivity contribution in [2.24, 2.45) is 5.92 Å². The molecule has 19 heavy (non-hydrogen) atoms. The maximum absolute atomic E-state index is 11.4. The van der Waals surface area contributed by atoms with E-state index in [-0.39, 0.29) is 30.8 Å². The van der Waals surface area contributed by atoms with Crippen molar-refractivity contribution in [3.63, 3.8) is 0 Å². The number of aliphatic carboxylic acids is 1. The Hall–Kier alpha value is -1.79. The summed E-state index contributed by atoms with van der Waals surface area (Å²) >= 11 is 0. The average molecular weight is 273 g/mol. The first kappa shape index (κ1) is 17.2. The number of rotatable bonds is 7. The zero-order valence-corrected chi connectivity index (χ0v) is 11.8. The molecule has 0 aromatic rings. The lowest BCUT2D eigenvalue weighted by molar-refractivity contribution is -0.140. The average Bonchev–Trinajstić information content (AvgIpc) is 2.23. The number of carbonyl (C=O) groups excluding carboxylic acids is 2. The third kappa shape index (κ3) is 8.01. The van der Waals surface area contributed by atoms with Crippen LogP contribution >= 0.6 is 0 Å². The fourth-order valence-corrected chi connectivity index (χ4v) is 1.39. The Kier molecular flexibility index (Phi) is 7.55. The van der Waals surface area contributed by atoms with Crippen molar-refractivity contribution in [1.82, 2.24) is 16.0 Å². The second-order valence-electron chi connectivity index (χ2n) is 4.93. The highest BCUT2D eigenvalue weighted by Gasteiger charge is 2.23. The molecule has 0 aromatic heterocycles. The van der Waals surface area contributed by atoms with E-state index in [9.17, 15) is 14.4 Å². The summed E-state index contributed by atoms with van der Waals surface area (Å²) in [7, 11) is 0. The highest BCUT2D eigenvalue weighted by atomic mass is 16.4. The Labute approximate surface area is 113 Å². The monoisotopic (exact) mass is 273 g/mol. The number of hydrogen-bond acceptors (Lipinski definition) is 3. The first-order valence-corrected chi connectivity index (χ1v) is 6.30. The Morgan fingerprint density at radius 3 is 2.05 bits per heavy atom. The van der Waals surface area contributed by atoms with Crippen LogP contribution in [0.15, 0.2) is 0 Å². The van der Waals surface area contributed by atoms with Crippen molar-refractivity contribution in [2.75, 3.05) is 6.54 Å². The molecule has 0 saturated carbocycles. The molecule has 0 aliphatic carbocycles. The van der Waals surface area contributed by atoms with Crippen LogP contribution < -0.4 is 16.0 Å². The Morgan fingerprint density at radius 1 is 1.05 bits per heavy atom. The van der Waals surface area contributed by atoms with E-state index in [1.165, 1.54) is 0 Å². The Bertz CT molecular complexity index is 329. The van der Waals surface area contributed by atoms with Gasteiger partial charge >= 0.3 is 12.0 Å². The summed E-state index contributed by atoms with van der Waals surface area (Å²) < 4.78 is 0. The van der Waals surface area contributed by atoms with Gasteiger partial charge in [-0.1, -0.05) is 13.8 Å². The number of hydrogen-bond donors (Lipinski definition) is 4. The molecule has 1 atom stereocenters. The topological polar surface area (TPSA) is 108 Å². The maximum Gasteiger partial charge on any atom is 0.326 e. The fourth-order valence-electron chi connectivity index (χ4n) is 1.39. The molecule has 0 unspecified atom stereocenters. The predicted octanol–water partition coefficient (Wildman–Crippen LogP) is 0.310. The quantitative estimate of drug-likeness (QED) is 0.535. The van der Waals surface area contributed by atoms with Crippen molar-refractivity contribution < 1.29 is 19.5 Å². The van der Waals surface area contributed by atoms with Gasteiger partial charge in [-0.2, -0.15) is 0 Å². The SMILES string of the molecule is CC(C)NC(=O)CCNC(=O)N[C@H](C(=O)O)C(C)C. The second-order valence-corrected chi connectivity index (χ2v) is 4.93. The molecule has 0 bridgehead atoms. The van der Waals surface area contributed by atoms with Gasteiger partial charge in [-0.15, -0.1) is 0 Å². The summed E-state index contributed by atoms with van der Waals surface area (Å²) in [4.78, 5) is 33.6. The third-order valence-electron chi connectivity index (χ3n) is 2.31. The molecule has 0 aromatic carbocycles. The molecule has 7 heteroatoms. The first-order valence-electron chi connectivity index (χ1n) is 6.30. The van der Waals surface area contributed by atoms with Gasteiger partial charge in [0.25, 0.3) is 0 Å². The molecule has 0 aliphatic heterocycles. The smallest absolute Gasteiger partial charge is 0.326 e. The second kappa shape index (κ2) is 8.34. The van der Waals surface area contributed by atoms with Crippen LogP contribution in [0.4, 0.5) is 4.79 Å². The van der Waals surface area contributed by atoms with E-state index in [0.29, 0.717) is 0 Å². The highest BCUT2D eigenvalue weighted by Crippen LogP contribution is 2.01. The van der Waals surface area contributed by atoms with E-state index < -0.39 is 18.0 Å². The summed E-state index contributed by atoms with van der Waals surface area (Å²) in [5, 5.41) is 16.4. The first-order chi connectivity index (χ1) is 8.73. The molecule has 0 spiro atoms. The Balaban J connectivity index is 3.99. The molecule has 3 amide bonds.